The van der Waals surface area contributed by atoms with E-state index >= 15 is 0 Å². The largest absolute Gasteiger partial charge is 0.315 e. The molecular formula is C23H41N. The number of hydrogen-bond acceptors (Lipinski definition) is 1. The van der Waals surface area contributed by atoms with Gasteiger partial charge < -0.3 is 5.32 Å². The zero-order valence-electron chi connectivity index (χ0n) is 17.4. The number of nitrogens with one attached hydrogen (secondary N) is 1. The Kier molecular flexibility index (Phi) is 6.06. The third-order valence-corrected chi connectivity index (χ3v) is 7.46. The zero-order valence-corrected chi connectivity index (χ0v) is 17.4. The molecule has 0 heterocycles. The maximum atomic E-state index is 3.64. The van der Waals surface area contributed by atoms with Gasteiger partial charge in [0.05, 0.1) is 0 Å². The van der Waals surface area contributed by atoms with E-state index < -0.39 is 0 Å². The fourth-order valence-corrected chi connectivity index (χ4v) is 5.30. The van der Waals surface area contributed by atoms with Crippen LogP contribution in [-0.2, 0) is 0 Å². The van der Waals surface area contributed by atoms with Crippen molar-refractivity contribution >= 4 is 0 Å². The first kappa shape index (κ1) is 19.8. The number of rotatable bonds is 5. The molecule has 0 bridgehead atoms. The summed E-state index contributed by atoms with van der Waals surface area (Å²) in [4.78, 5) is 0. The van der Waals surface area contributed by atoms with E-state index in [0.29, 0.717) is 11.3 Å². The Morgan fingerprint density at radius 1 is 1.04 bits per heavy atom. The van der Waals surface area contributed by atoms with Crippen molar-refractivity contribution in [2.45, 2.75) is 73.3 Å². The van der Waals surface area contributed by atoms with Crippen LogP contribution >= 0.6 is 0 Å². The first-order chi connectivity index (χ1) is 11.1. The van der Waals surface area contributed by atoms with Gasteiger partial charge in [-0.1, -0.05) is 58.9 Å². The highest BCUT2D eigenvalue weighted by atomic mass is 14.9. The van der Waals surface area contributed by atoms with Crippen molar-refractivity contribution in [2.75, 3.05) is 7.05 Å². The maximum absolute atomic E-state index is 3.64. The smallest absolute Gasteiger partial charge is 0.0153 e. The maximum Gasteiger partial charge on any atom is 0.0153 e. The molecule has 0 spiro atoms. The van der Waals surface area contributed by atoms with Crippen LogP contribution in [0.25, 0.3) is 0 Å². The van der Waals surface area contributed by atoms with Crippen LogP contribution in [0.1, 0.15) is 67.7 Å². The molecule has 0 saturated heterocycles. The van der Waals surface area contributed by atoms with E-state index in [0.717, 1.165) is 29.6 Å². The van der Waals surface area contributed by atoms with E-state index in [1.54, 1.807) is 0 Å². The Morgan fingerprint density at radius 3 is 2.21 bits per heavy atom. The molecule has 0 aromatic rings. The summed E-state index contributed by atoms with van der Waals surface area (Å²) in [6.45, 7) is 17.0. The lowest BCUT2D eigenvalue weighted by atomic mass is 9.67. The summed E-state index contributed by atoms with van der Waals surface area (Å²) in [7, 11) is 2.14. The van der Waals surface area contributed by atoms with Crippen LogP contribution in [0, 0.1) is 40.9 Å². The molecular weight excluding hydrogens is 290 g/mol. The van der Waals surface area contributed by atoms with Gasteiger partial charge in [0.25, 0.3) is 0 Å². The molecule has 6 atom stereocenters. The van der Waals surface area contributed by atoms with Crippen molar-refractivity contribution in [3.8, 4) is 0 Å². The van der Waals surface area contributed by atoms with E-state index in [-0.39, 0.29) is 5.54 Å². The third kappa shape index (κ3) is 3.98. The lowest BCUT2D eigenvalue weighted by Crippen LogP contribution is -2.47. The van der Waals surface area contributed by atoms with Gasteiger partial charge >= 0.3 is 0 Å². The molecule has 1 saturated carbocycles. The van der Waals surface area contributed by atoms with Gasteiger partial charge in [-0.05, 0) is 81.1 Å². The fraction of sp³-hybridized carbons (Fsp3) is 0.826. The summed E-state index contributed by atoms with van der Waals surface area (Å²) in [6, 6.07) is 0. The van der Waals surface area contributed by atoms with E-state index in [1.807, 2.05) is 0 Å². The van der Waals surface area contributed by atoms with Gasteiger partial charge in [-0.2, -0.15) is 0 Å². The monoisotopic (exact) mass is 331 g/mol. The van der Waals surface area contributed by atoms with Crippen LogP contribution in [0.15, 0.2) is 24.3 Å². The molecule has 1 nitrogen and oxygen atoms in total. The summed E-state index contributed by atoms with van der Waals surface area (Å²) in [5, 5.41) is 3.64. The Labute approximate surface area is 151 Å². The summed E-state index contributed by atoms with van der Waals surface area (Å²) in [5.74, 6) is 4.59. The summed E-state index contributed by atoms with van der Waals surface area (Å²) < 4.78 is 0. The van der Waals surface area contributed by atoms with Gasteiger partial charge in [0.2, 0.25) is 0 Å². The minimum atomic E-state index is 0.217. The molecule has 0 aromatic carbocycles. The van der Waals surface area contributed by atoms with Crippen LogP contribution < -0.4 is 5.32 Å². The highest BCUT2D eigenvalue weighted by Crippen LogP contribution is 2.53. The molecule has 6 unspecified atom stereocenters. The quantitative estimate of drug-likeness (QED) is 0.644. The molecule has 0 aliphatic heterocycles. The molecule has 2 rings (SSSR count). The molecule has 24 heavy (non-hydrogen) atoms. The zero-order chi connectivity index (χ0) is 18.1. The number of allylic oxidation sites excluding steroid dienone is 4. The van der Waals surface area contributed by atoms with Crippen LogP contribution in [0.3, 0.4) is 0 Å². The standard InChI is InChI=1S/C23H41N/c1-9-17-12-10-11-13-19(17)16(2)20-14-18(22(3,4)5)15-21(20)23(6,7)24-8/h10-13,16-21,24H,9,14-15H2,1-8H3. The topological polar surface area (TPSA) is 12.0 Å². The van der Waals surface area contributed by atoms with Crippen molar-refractivity contribution in [1.82, 2.24) is 5.32 Å². The predicted molar refractivity (Wildman–Crippen MR) is 107 cm³/mol. The van der Waals surface area contributed by atoms with Crippen LogP contribution in [-0.4, -0.2) is 12.6 Å². The average Bonchev–Trinajstić information content (AvgIpc) is 3.00. The minimum Gasteiger partial charge on any atom is -0.315 e. The van der Waals surface area contributed by atoms with Crippen molar-refractivity contribution in [3.05, 3.63) is 24.3 Å². The highest BCUT2D eigenvalue weighted by molar-refractivity contribution is 5.16. The molecule has 138 valence electrons. The molecule has 0 amide bonds. The van der Waals surface area contributed by atoms with E-state index in [9.17, 15) is 0 Å². The Balaban J connectivity index is 2.26. The van der Waals surface area contributed by atoms with Gasteiger partial charge in [-0.15, -0.1) is 0 Å². The normalized spacial score (nSPS) is 35.4. The molecule has 1 fully saturated rings. The van der Waals surface area contributed by atoms with E-state index in [1.165, 1.54) is 19.3 Å². The average molecular weight is 332 g/mol. The highest BCUT2D eigenvalue weighted by Gasteiger charge is 2.48. The Morgan fingerprint density at radius 2 is 1.67 bits per heavy atom. The van der Waals surface area contributed by atoms with Crippen molar-refractivity contribution in [3.63, 3.8) is 0 Å². The SMILES string of the molecule is CCC1C=CC=CC1C(C)C1CC(C(C)(C)C)CC1C(C)(C)NC. The summed E-state index contributed by atoms with van der Waals surface area (Å²) in [6.07, 6.45) is 13.5. The second-order valence-electron chi connectivity index (χ2n) is 10.1. The van der Waals surface area contributed by atoms with Gasteiger partial charge in [0.15, 0.2) is 0 Å². The van der Waals surface area contributed by atoms with Gasteiger partial charge in [0, 0.05) is 5.54 Å². The predicted octanol–water partition coefficient (Wildman–Crippen LogP) is 6.08. The van der Waals surface area contributed by atoms with Crippen LogP contribution in [0.2, 0.25) is 0 Å². The third-order valence-electron chi connectivity index (χ3n) is 7.46. The van der Waals surface area contributed by atoms with E-state index in [4.69, 9.17) is 0 Å². The first-order valence-electron chi connectivity index (χ1n) is 10.2. The number of hydrogen-bond donors (Lipinski definition) is 1. The molecule has 0 radical (unpaired) electrons. The van der Waals surface area contributed by atoms with Crippen LogP contribution in [0.5, 0.6) is 0 Å². The van der Waals surface area contributed by atoms with Crippen molar-refractivity contribution < 1.29 is 0 Å². The lowest BCUT2D eigenvalue weighted by Gasteiger charge is -2.41. The lowest BCUT2D eigenvalue weighted by molar-refractivity contribution is 0.132. The second-order valence-corrected chi connectivity index (χ2v) is 10.1. The van der Waals surface area contributed by atoms with Gasteiger partial charge in [-0.25, -0.2) is 0 Å². The van der Waals surface area contributed by atoms with Crippen molar-refractivity contribution in [2.24, 2.45) is 40.9 Å². The first-order valence-corrected chi connectivity index (χ1v) is 10.2. The van der Waals surface area contributed by atoms with Gasteiger partial charge in [0.1, 0.15) is 0 Å². The Hall–Kier alpha value is -0.560. The van der Waals surface area contributed by atoms with Crippen molar-refractivity contribution in [1.29, 1.82) is 0 Å². The molecule has 2 aliphatic carbocycles. The molecule has 1 heteroatoms. The van der Waals surface area contributed by atoms with E-state index in [2.05, 4.69) is 85.1 Å². The Bertz CT molecular complexity index is 465. The fourth-order valence-electron chi connectivity index (χ4n) is 5.30. The molecule has 0 aromatic heterocycles. The molecule has 1 N–H and O–H groups in total. The summed E-state index contributed by atoms with van der Waals surface area (Å²) >= 11 is 0. The second kappa shape index (κ2) is 7.36. The van der Waals surface area contributed by atoms with Crippen LogP contribution in [0.4, 0.5) is 0 Å². The van der Waals surface area contributed by atoms with Gasteiger partial charge in [-0.3, -0.25) is 0 Å². The minimum absolute atomic E-state index is 0.217. The molecule has 2 aliphatic rings. The summed E-state index contributed by atoms with van der Waals surface area (Å²) in [5.41, 5.74) is 0.637.